The smallest absolute Gasteiger partial charge is 0.302 e. The van der Waals surface area contributed by atoms with Crippen molar-refractivity contribution in [2.45, 2.75) is 112 Å². The number of allylic oxidation sites excluding steroid dienone is 5. The third-order valence-electron chi connectivity index (χ3n) is 11.9. The molecule has 0 amide bonds. The lowest BCUT2D eigenvalue weighted by molar-refractivity contribution is -0.146. The average Bonchev–Trinajstić information content (AvgIpc) is 3.36. The van der Waals surface area contributed by atoms with Crippen molar-refractivity contribution in [3.8, 4) is 0 Å². The van der Waals surface area contributed by atoms with Gasteiger partial charge in [0, 0.05) is 13.3 Å². The van der Waals surface area contributed by atoms with E-state index in [1.165, 1.54) is 37.3 Å². The number of nitrogens with zero attached hydrogens (tertiary/aromatic N) is 2. The Morgan fingerprint density at radius 2 is 1.73 bits per heavy atom. The Morgan fingerprint density at radius 3 is 2.43 bits per heavy atom. The highest BCUT2D eigenvalue weighted by atomic mass is 16.5. The van der Waals surface area contributed by atoms with Crippen LogP contribution in [0.2, 0.25) is 0 Å². The van der Waals surface area contributed by atoms with Crippen LogP contribution in [0.5, 0.6) is 0 Å². The zero-order valence-electron chi connectivity index (χ0n) is 27.5. The standard InChI is InChI=1S/C38H50N2O4/c1-23(2)24(3)13-14-25(4)33-17-18-34-27(10-9-19-38(33,34)6)20-35-32-21-29(44-26(5)41)16-15-28(32)22-39-36(42)30-11-7-8-12-31(30)37(43)40(35)39/h7-8,11-14,20,23-25,29,33-35H,9-10,15-19,21-22H2,1-6H3/b14-13+,27-20+/t24-,25+,29+,33+,34-,35-,38+/m0/s1. The predicted octanol–water partition coefficient (Wildman–Crippen LogP) is 7.76. The maximum atomic E-state index is 14.2. The van der Waals surface area contributed by atoms with Crippen LogP contribution in [-0.4, -0.2) is 21.4 Å². The van der Waals surface area contributed by atoms with Crippen molar-refractivity contribution in [3.63, 3.8) is 0 Å². The van der Waals surface area contributed by atoms with Crippen molar-refractivity contribution in [3.05, 3.63) is 79.9 Å². The van der Waals surface area contributed by atoms with Crippen LogP contribution in [0.15, 0.2) is 68.8 Å². The number of benzene rings is 1. The molecule has 1 aromatic carbocycles. The molecule has 0 spiro atoms. The molecule has 236 valence electrons. The van der Waals surface area contributed by atoms with Gasteiger partial charge >= 0.3 is 5.97 Å². The summed E-state index contributed by atoms with van der Waals surface area (Å²) in [6.07, 6.45) is 15.0. The summed E-state index contributed by atoms with van der Waals surface area (Å²) in [6, 6.07) is 6.86. The summed E-state index contributed by atoms with van der Waals surface area (Å²) < 4.78 is 9.15. The van der Waals surface area contributed by atoms with Crippen molar-refractivity contribution in [1.82, 2.24) is 9.36 Å². The van der Waals surface area contributed by atoms with Gasteiger partial charge in [0.2, 0.25) is 0 Å². The van der Waals surface area contributed by atoms with E-state index in [4.69, 9.17) is 4.74 Å². The Hall–Kier alpha value is -3.15. The molecule has 1 aromatic heterocycles. The lowest BCUT2D eigenvalue weighted by atomic mass is 9.61. The van der Waals surface area contributed by atoms with Crippen LogP contribution in [0.25, 0.3) is 10.8 Å². The highest BCUT2D eigenvalue weighted by molar-refractivity contribution is 5.80. The number of carbonyl (C=O) groups excluding carboxylic acids is 1. The first-order valence-corrected chi connectivity index (χ1v) is 17.0. The Bertz CT molecular complexity index is 1650. The first-order chi connectivity index (χ1) is 21.0. The zero-order chi connectivity index (χ0) is 31.3. The molecule has 6 nitrogen and oxygen atoms in total. The fourth-order valence-electron chi connectivity index (χ4n) is 9.14. The summed E-state index contributed by atoms with van der Waals surface area (Å²) in [7, 11) is 0. The van der Waals surface area contributed by atoms with E-state index < -0.39 is 0 Å². The lowest BCUT2D eigenvalue weighted by Crippen LogP contribution is -2.46. The van der Waals surface area contributed by atoms with Crippen molar-refractivity contribution in [1.29, 1.82) is 0 Å². The molecule has 6 rings (SSSR count). The largest absolute Gasteiger partial charge is 0.462 e. The fourth-order valence-corrected chi connectivity index (χ4v) is 9.14. The van der Waals surface area contributed by atoms with E-state index in [0.29, 0.717) is 53.3 Å². The van der Waals surface area contributed by atoms with Gasteiger partial charge in [0.1, 0.15) is 6.10 Å². The number of carbonyl (C=O) groups is 1. The van der Waals surface area contributed by atoms with Gasteiger partial charge in [-0.15, -0.1) is 0 Å². The molecule has 2 aromatic rings. The van der Waals surface area contributed by atoms with E-state index >= 15 is 0 Å². The Balaban J connectivity index is 1.42. The lowest BCUT2D eigenvalue weighted by Gasteiger charge is -2.45. The average molecular weight is 599 g/mol. The summed E-state index contributed by atoms with van der Waals surface area (Å²) in [6.45, 7) is 13.7. The molecular formula is C38H50N2O4. The molecular weight excluding hydrogens is 548 g/mol. The summed E-state index contributed by atoms with van der Waals surface area (Å²) >= 11 is 0. The first kappa shape index (κ1) is 30.9. The number of esters is 1. The van der Waals surface area contributed by atoms with Gasteiger partial charge in [-0.3, -0.25) is 14.4 Å². The summed E-state index contributed by atoms with van der Waals surface area (Å²) in [5.74, 6) is 2.55. The number of fused-ring (bicyclic) bond motifs is 3. The van der Waals surface area contributed by atoms with Crippen LogP contribution < -0.4 is 11.1 Å². The molecule has 2 fully saturated rings. The molecule has 4 aliphatic rings. The Kier molecular flexibility index (Phi) is 8.40. The molecule has 2 saturated carbocycles. The summed E-state index contributed by atoms with van der Waals surface area (Å²) in [4.78, 5) is 39.9. The van der Waals surface area contributed by atoms with Gasteiger partial charge in [-0.25, -0.2) is 9.36 Å². The number of ether oxygens (including phenoxy) is 1. The van der Waals surface area contributed by atoms with E-state index in [9.17, 15) is 14.4 Å². The highest BCUT2D eigenvalue weighted by Crippen LogP contribution is 2.60. The van der Waals surface area contributed by atoms with Crippen LogP contribution in [0.3, 0.4) is 0 Å². The molecule has 0 saturated heterocycles. The third kappa shape index (κ3) is 5.37. The quantitative estimate of drug-likeness (QED) is 0.252. The molecule has 2 heterocycles. The SMILES string of the molecule is CC(=O)O[C@@H]1CCC2=C(C1)[C@H](/C=C1\CCC[C@]3(C)[C@@H]([C@H](C)/C=C/[C@H](C)C(C)C)CC[C@@H]13)n1c(=O)c3ccccc3c(=O)n1C2. The van der Waals surface area contributed by atoms with Crippen LogP contribution in [0, 0.1) is 35.0 Å². The zero-order valence-corrected chi connectivity index (χ0v) is 27.5. The summed E-state index contributed by atoms with van der Waals surface area (Å²) in [5.41, 5.74) is 3.80. The van der Waals surface area contributed by atoms with Crippen molar-refractivity contribution in [2.24, 2.45) is 35.0 Å². The minimum absolute atomic E-state index is 0.108. The second-order valence-corrected chi connectivity index (χ2v) is 14.8. The topological polar surface area (TPSA) is 70.3 Å². The van der Waals surface area contributed by atoms with E-state index in [2.05, 4.69) is 52.8 Å². The van der Waals surface area contributed by atoms with E-state index in [-0.39, 0.29) is 34.6 Å². The second-order valence-electron chi connectivity index (χ2n) is 14.8. The second kappa shape index (κ2) is 12.0. The molecule has 6 heteroatoms. The first-order valence-electron chi connectivity index (χ1n) is 17.0. The molecule has 0 radical (unpaired) electrons. The number of hydrogen-bond donors (Lipinski definition) is 0. The van der Waals surface area contributed by atoms with Crippen molar-refractivity contribution >= 4 is 16.7 Å². The van der Waals surface area contributed by atoms with Gasteiger partial charge < -0.3 is 4.74 Å². The van der Waals surface area contributed by atoms with E-state index in [0.717, 1.165) is 31.3 Å². The molecule has 1 aliphatic heterocycles. The summed E-state index contributed by atoms with van der Waals surface area (Å²) in [5, 5.41) is 0.953. The third-order valence-corrected chi connectivity index (χ3v) is 11.9. The predicted molar refractivity (Wildman–Crippen MR) is 176 cm³/mol. The van der Waals surface area contributed by atoms with Crippen molar-refractivity contribution < 1.29 is 9.53 Å². The molecule has 3 aliphatic carbocycles. The van der Waals surface area contributed by atoms with E-state index in [1.54, 1.807) is 21.5 Å². The van der Waals surface area contributed by atoms with Gasteiger partial charge in [0.05, 0.1) is 23.4 Å². The van der Waals surface area contributed by atoms with Gasteiger partial charge in [-0.2, -0.15) is 0 Å². The minimum atomic E-state index is -0.345. The fraction of sp³-hybridized carbons (Fsp3) is 0.605. The van der Waals surface area contributed by atoms with Gasteiger partial charge in [0.15, 0.2) is 0 Å². The van der Waals surface area contributed by atoms with Crippen LogP contribution in [0.1, 0.15) is 99.0 Å². The van der Waals surface area contributed by atoms with Crippen LogP contribution in [-0.2, 0) is 16.1 Å². The number of aromatic nitrogens is 2. The Morgan fingerprint density at radius 1 is 1.00 bits per heavy atom. The molecule has 0 N–H and O–H groups in total. The van der Waals surface area contributed by atoms with Gasteiger partial charge in [-0.1, -0.05) is 70.6 Å². The monoisotopic (exact) mass is 598 g/mol. The molecule has 0 bridgehead atoms. The Labute approximate surface area is 261 Å². The maximum Gasteiger partial charge on any atom is 0.302 e. The van der Waals surface area contributed by atoms with Crippen molar-refractivity contribution in [2.75, 3.05) is 0 Å². The van der Waals surface area contributed by atoms with Crippen LogP contribution >= 0.6 is 0 Å². The number of rotatable bonds is 6. The highest BCUT2D eigenvalue weighted by Gasteiger charge is 2.50. The maximum absolute atomic E-state index is 14.2. The molecule has 0 unspecified atom stereocenters. The molecule has 7 atom stereocenters. The van der Waals surface area contributed by atoms with Gasteiger partial charge in [-0.05, 0) is 103 Å². The minimum Gasteiger partial charge on any atom is -0.462 e. The normalized spacial score (nSPS) is 30.8. The molecule has 44 heavy (non-hydrogen) atoms. The van der Waals surface area contributed by atoms with Gasteiger partial charge in [0.25, 0.3) is 11.1 Å². The number of hydrogen-bond acceptors (Lipinski definition) is 4. The van der Waals surface area contributed by atoms with Crippen LogP contribution in [0.4, 0.5) is 0 Å². The van der Waals surface area contributed by atoms with E-state index in [1.807, 2.05) is 12.1 Å².